The van der Waals surface area contributed by atoms with Crippen molar-refractivity contribution >= 4 is 22.9 Å². The molecule has 3 unspecified atom stereocenters. The van der Waals surface area contributed by atoms with E-state index in [4.69, 9.17) is 26.8 Å². The zero-order valence-corrected chi connectivity index (χ0v) is 16.5. The van der Waals surface area contributed by atoms with E-state index in [9.17, 15) is 0 Å². The van der Waals surface area contributed by atoms with Crippen LogP contribution in [-0.4, -0.2) is 25.2 Å². The van der Waals surface area contributed by atoms with Crippen LogP contribution in [0, 0.1) is 0 Å². The summed E-state index contributed by atoms with van der Waals surface area (Å²) in [5, 5.41) is 1.80. The highest BCUT2D eigenvalue weighted by atomic mass is 35.5. The van der Waals surface area contributed by atoms with Gasteiger partial charge in [-0.1, -0.05) is 18.5 Å². The first-order valence-electron chi connectivity index (χ1n) is 8.68. The molecular formula is C19H25ClN2O2S. The van der Waals surface area contributed by atoms with Gasteiger partial charge in [-0.3, -0.25) is 0 Å². The molecule has 0 spiro atoms. The van der Waals surface area contributed by atoms with Crippen LogP contribution in [0.25, 0.3) is 0 Å². The summed E-state index contributed by atoms with van der Waals surface area (Å²) in [5.41, 5.74) is 7.68. The molecule has 0 radical (unpaired) electrons. The van der Waals surface area contributed by atoms with E-state index in [1.165, 1.54) is 9.88 Å². The maximum atomic E-state index is 6.56. The lowest BCUT2D eigenvalue weighted by Gasteiger charge is -2.34. The zero-order chi connectivity index (χ0) is 18.0. The van der Waals surface area contributed by atoms with Crippen LogP contribution in [0.1, 0.15) is 53.5 Å². The molecule has 3 atom stereocenters. The van der Waals surface area contributed by atoms with Gasteiger partial charge in [-0.05, 0) is 43.2 Å². The Morgan fingerprint density at radius 3 is 2.60 bits per heavy atom. The van der Waals surface area contributed by atoms with Gasteiger partial charge in [-0.2, -0.15) is 0 Å². The first kappa shape index (κ1) is 18.5. The monoisotopic (exact) mass is 380 g/mol. The molecule has 1 aliphatic rings. The Labute approximate surface area is 158 Å². The van der Waals surface area contributed by atoms with Gasteiger partial charge >= 0.3 is 0 Å². The fraction of sp³-hybridized carbons (Fsp3) is 0.526. The highest BCUT2D eigenvalue weighted by Gasteiger charge is 2.32. The lowest BCUT2D eigenvalue weighted by atomic mass is 9.75. The molecule has 25 heavy (non-hydrogen) atoms. The fourth-order valence-corrected chi connectivity index (χ4v) is 5.02. The number of methoxy groups -OCH3 is 2. The SMILES string of the molecule is CCc1ncc(C2CCC(c3cc(Cl)c(OC)cc3OC)CC2N)s1. The Balaban J connectivity index is 1.80. The fourth-order valence-electron chi connectivity index (χ4n) is 3.70. The molecular weight excluding hydrogens is 356 g/mol. The van der Waals surface area contributed by atoms with E-state index >= 15 is 0 Å². The predicted octanol–water partition coefficient (Wildman–Crippen LogP) is 4.75. The van der Waals surface area contributed by atoms with Gasteiger partial charge in [0.15, 0.2) is 0 Å². The number of aryl methyl sites for hydroxylation is 1. The highest BCUT2D eigenvalue weighted by Crippen LogP contribution is 2.45. The highest BCUT2D eigenvalue weighted by molar-refractivity contribution is 7.11. The van der Waals surface area contributed by atoms with Crippen molar-refractivity contribution in [3.8, 4) is 11.5 Å². The van der Waals surface area contributed by atoms with Crippen LogP contribution in [0.3, 0.4) is 0 Å². The Morgan fingerprint density at radius 1 is 1.24 bits per heavy atom. The number of nitrogens with two attached hydrogens (primary N) is 1. The van der Waals surface area contributed by atoms with E-state index in [1.54, 1.807) is 25.6 Å². The van der Waals surface area contributed by atoms with Crippen molar-refractivity contribution in [1.29, 1.82) is 0 Å². The summed E-state index contributed by atoms with van der Waals surface area (Å²) in [4.78, 5) is 5.81. The molecule has 2 N–H and O–H groups in total. The molecule has 1 aliphatic carbocycles. The third-order valence-corrected chi connectivity index (χ3v) is 6.65. The molecule has 2 aromatic rings. The third-order valence-electron chi connectivity index (χ3n) is 5.08. The Bertz CT molecular complexity index is 734. The van der Waals surface area contributed by atoms with Crippen LogP contribution in [0.5, 0.6) is 11.5 Å². The second-order valence-corrected chi connectivity index (χ2v) is 8.07. The molecule has 4 nitrogen and oxygen atoms in total. The van der Waals surface area contributed by atoms with Crippen molar-refractivity contribution in [1.82, 2.24) is 4.98 Å². The van der Waals surface area contributed by atoms with Crippen LogP contribution >= 0.6 is 22.9 Å². The molecule has 0 amide bonds. The van der Waals surface area contributed by atoms with Crippen molar-refractivity contribution in [2.75, 3.05) is 14.2 Å². The summed E-state index contributed by atoms with van der Waals surface area (Å²) >= 11 is 8.14. The summed E-state index contributed by atoms with van der Waals surface area (Å²) in [5.74, 6) is 2.21. The van der Waals surface area contributed by atoms with E-state index < -0.39 is 0 Å². The molecule has 136 valence electrons. The van der Waals surface area contributed by atoms with Crippen LogP contribution < -0.4 is 15.2 Å². The second kappa shape index (κ2) is 7.94. The number of hydrogen-bond donors (Lipinski definition) is 1. The second-order valence-electron chi connectivity index (χ2n) is 6.52. The average Bonchev–Trinajstić information content (AvgIpc) is 3.10. The molecule has 0 aliphatic heterocycles. The number of benzene rings is 1. The molecule has 1 saturated carbocycles. The molecule has 1 fully saturated rings. The molecule has 6 heteroatoms. The summed E-state index contributed by atoms with van der Waals surface area (Å²) < 4.78 is 10.9. The van der Waals surface area contributed by atoms with Crippen molar-refractivity contribution in [3.63, 3.8) is 0 Å². The largest absolute Gasteiger partial charge is 0.496 e. The van der Waals surface area contributed by atoms with Gasteiger partial charge in [0.25, 0.3) is 0 Å². The molecule has 3 rings (SSSR count). The van der Waals surface area contributed by atoms with Crippen molar-refractivity contribution in [2.24, 2.45) is 5.73 Å². The van der Waals surface area contributed by atoms with Gasteiger partial charge in [0.1, 0.15) is 11.5 Å². The molecule has 1 aromatic heterocycles. The quantitative estimate of drug-likeness (QED) is 0.812. The van der Waals surface area contributed by atoms with Crippen LogP contribution in [-0.2, 0) is 6.42 Å². The summed E-state index contributed by atoms with van der Waals surface area (Å²) in [6, 6.07) is 3.96. The van der Waals surface area contributed by atoms with E-state index in [0.29, 0.717) is 22.6 Å². The lowest BCUT2D eigenvalue weighted by molar-refractivity contribution is 0.336. The van der Waals surface area contributed by atoms with Gasteiger partial charge in [-0.25, -0.2) is 4.98 Å². The Hall–Kier alpha value is -1.30. The minimum Gasteiger partial charge on any atom is -0.496 e. The maximum absolute atomic E-state index is 6.56. The van der Waals surface area contributed by atoms with Gasteiger partial charge < -0.3 is 15.2 Å². The average molecular weight is 381 g/mol. The maximum Gasteiger partial charge on any atom is 0.141 e. The molecule has 0 bridgehead atoms. The summed E-state index contributed by atoms with van der Waals surface area (Å²) in [6.45, 7) is 2.14. The Morgan fingerprint density at radius 2 is 2.00 bits per heavy atom. The third kappa shape index (κ3) is 3.78. The summed E-state index contributed by atoms with van der Waals surface area (Å²) in [7, 11) is 3.29. The standard InChI is InChI=1S/C19H25ClN2O2S/c1-4-19-22-10-18(25-19)12-6-5-11(7-15(12)21)13-8-14(20)17(24-3)9-16(13)23-2/h8-12,15H,4-7,21H2,1-3H3. The first-order valence-corrected chi connectivity index (χ1v) is 9.88. The number of halogens is 1. The number of rotatable bonds is 5. The van der Waals surface area contributed by atoms with E-state index in [0.717, 1.165) is 37.0 Å². The summed E-state index contributed by atoms with van der Waals surface area (Å²) in [6.07, 6.45) is 6.04. The van der Waals surface area contributed by atoms with Crippen molar-refractivity contribution in [3.05, 3.63) is 38.8 Å². The predicted molar refractivity (Wildman–Crippen MR) is 103 cm³/mol. The number of aromatic nitrogens is 1. The van der Waals surface area contributed by atoms with Crippen LogP contribution in [0.4, 0.5) is 0 Å². The normalized spacial score (nSPS) is 23.5. The van der Waals surface area contributed by atoms with E-state index in [-0.39, 0.29) is 6.04 Å². The smallest absolute Gasteiger partial charge is 0.141 e. The Kier molecular flexibility index (Phi) is 5.87. The minimum atomic E-state index is 0.120. The van der Waals surface area contributed by atoms with Gasteiger partial charge in [0.05, 0.1) is 24.2 Å². The lowest BCUT2D eigenvalue weighted by Crippen LogP contribution is -2.34. The van der Waals surface area contributed by atoms with Gasteiger partial charge in [0, 0.05) is 29.1 Å². The van der Waals surface area contributed by atoms with E-state index in [1.807, 2.05) is 18.3 Å². The van der Waals surface area contributed by atoms with Crippen LogP contribution in [0.15, 0.2) is 18.3 Å². The van der Waals surface area contributed by atoms with Crippen molar-refractivity contribution in [2.45, 2.75) is 50.5 Å². The molecule has 1 aromatic carbocycles. The number of nitrogens with zero attached hydrogens (tertiary/aromatic N) is 1. The van der Waals surface area contributed by atoms with Crippen LogP contribution in [0.2, 0.25) is 5.02 Å². The molecule has 1 heterocycles. The minimum absolute atomic E-state index is 0.120. The topological polar surface area (TPSA) is 57.4 Å². The van der Waals surface area contributed by atoms with E-state index in [2.05, 4.69) is 11.9 Å². The zero-order valence-electron chi connectivity index (χ0n) is 14.9. The van der Waals surface area contributed by atoms with Gasteiger partial charge in [-0.15, -0.1) is 11.3 Å². The number of thiazole rings is 1. The number of hydrogen-bond acceptors (Lipinski definition) is 5. The van der Waals surface area contributed by atoms with Gasteiger partial charge in [0.2, 0.25) is 0 Å². The first-order chi connectivity index (χ1) is 12.1. The molecule has 0 saturated heterocycles. The number of ether oxygens (including phenoxy) is 2. The van der Waals surface area contributed by atoms with Crippen molar-refractivity contribution < 1.29 is 9.47 Å².